The molecule has 0 saturated heterocycles. The first kappa shape index (κ1) is 14.0. The van der Waals surface area contributed by atoms with Crippen LogP contribution in [0, 0.1) is 5.41 Å². The van der Waals surface area contributed by atoms with Crippen molar-refractivity contribution in [3.63, 3.8) is 0 Å². The number of nitrogens with one attached hydrogen (secondary N) is 1. The van der Waals surface area contributed by atoms with E-state index in [0.717, 1.165) is 29.3 Å². The molecule has 5 nitrogen and oxygen atoms in total. The molecule has 114 valence electrons. The van der Waals surface area contributed by atoms with Crippen molar-refractivity contribution in [1.82, 2.24) is 4.90 Å². The summed E-state index contributed by atoms with van der Waals surface area (Å²) in [6, 6.07) is 3.96. The van der Waals surface area contributed by atoms with Crippen LogP contribution >= 0.6 is 0 Å². The maximum absolute atomic E-state index is 12.3. The average Bonchev–Trinajstić information content (AvgIpc) is 2.81. The van der Waals surface area contributed by atoms with Gasteiger partial charge < -0.3 is 19.7 Å². The van der Waals surface area contributed by atoms with E-state index in [4.69, 9.17) is 9.47 Å². The van der Waals surface area contributed by atoms with Crippen LogP contribution in [0.2, 0.25) is 0 Å². The van der Waals surface area contributed by atoms with E-state index < -0.39 is 0 Å². The number of benzene rings is 1. The number of nitrogens with zero attached hydrogens (tertiary/aromatic N) is 1. The van der Waals surface area contributed by atoms with Gasteiger partial charge in [0, 0.05) is 37.8 Å². The lowest BCUT2D eigenvalue weighted by molar-refractivity contribution is -0.133. The highest BCUT2D eigenvalue weighted by atomic mass is 16.7. The Labute approximate surface area is 125 Å². The summed E-state index contributed by atoms with van der Waals surface area (Å²) in [5, 5.41) is 3.33. The van der Waals surface area contributed by atoms with Crippen LogP contribution in [0.25, 0.3) is 0 Å². The molecular formula is C16H22N2O3. The number of rotatable bonds is 1. The van der Waals surface area contributed by atoms with Gasteiger partial charge in [0.15, 0.2) is 11.5 Å². The number of hydrogen-bond donors (Lipinski definition) is 1. The highest BCUT2D eigenvalue weighted by Crippen LogP contribution is 2.38. The molecule has 1 aromatic rings. The molecule has 0 saturated carbocycles. The maximum Gasteiger partial charge on any atom is 0.231 e. The van der Waals surface area contributed by atoms with E-state index in [9.17, 15) is 4.79 Å². The van der Waals surface area contributed by atoms with Gasteiger partial charge in [0.2, 0.25) is 12.7 Å². The van der Waals surface area contributed by atoms with E-state index in [-0.39, 0.29) is 18.1 Å². The molecule has 0 spiro atoms. The Morgan fingerprint density at radius 3 is 2.67 bits per heavy atom. The molecular weight excluding hydrogens is 268 g/mol. The predicted molar refractivity (Wildman–Crippen MR) is 80.5 cm³/mol. The Kier molecular flexibility index (Phi) is 3.43. The van der Waals surface area contributed by atoms with Crippen LogP contribution in [0.5, 0.6) is 11.5 Å². The normalized spacial score (nSPS) is 17.9. The number of amides is 1. The van der Waals surface area contributed by atoms with E-state index in [1.54, 1.807) is 0 Å². The number of ether oxygens (including phenoxy) is 2. The highest BCUT2D eigenvalue weighted by Gasteiger charge is 2.25. The molecule has 0 bridgehead atoms. The molecule has 0 fully saturated rings. The minimum atomic E-state index is 0.0821. The summed E-state index contributed by atoms with van der Waals surface area (Å²) in [5.74, 6) is 1.73. The van der Waals surface area contributed by atoms with Crippen LogP contribution in [-0.2, 0) is 11.3 Å². The fraction of sp³-hybridized carbons (Fsp3) is 0.562. The topological polar surface area (TPSA) is 50.8 Å². The van der Waals surface area contributed by atoms with Gasteiger partial charge in [-0.05, 0) is 17.0 Å². The first-order valence-electron chi connectivity index (χ1n) is 7.36. The van der Waals surface area contributed by atoms with Crippen LogP contribution in [0.1, 0.15) is 32.8 Å². The number of hydrogen-bond acceptors (Lipinski definition) is 4. The molecule has 21 heavy (non-hydrogen) atoms. The zero-order chi connectivity index (χ0) is 15.0. The Morgan fingerprint density at radius 2 is 1.95 bits per heavy atom. The van der Waals surface area contributed by atoms with Gasteiger partial charge in [0.1, 0.15) is 0 Å². The molecule has 5 heteroatoms. The zero-order valence-corrected chi connectivity index (χ0v) is 12.9. The minimum absolute atomic E-state index is 0.0821. The lowest BCUT2D eigenvalue weighted by atomic mass is 9.95. The van der Waals surface area contributed by atoms with Crippen molar-refractivity contribution >= 4 is 11.6 Å². The molecule has 1 aromatic carbocycles. The van der Waals surface area contributed by atoms with Gasteiger partial charge in [0.05, 0.1) is 0 Å². The van der Waals surface area contributed by atoms with Gasteiger partial charge in [0.25, 0.3) is 0 Å². The van der Waals surface area contributed by atoms with Crippen LogP contribution in [0.15, 0.2) is 12.1 Å². The van der Waals surface area contributed by atoms with E-state index in [1.807, 2.05) is 17.0 Å². The monoisotopic (exact) mass is 290 g/mol. The van der Waals surface area contributed by atoms with Crippen LogP contribution in [0.4, 0.5) is 5.69 Å². The summed E-state index contributed by atoms with van der Waals surface area (Å²) in [4.78, 5) is 14.3. The third-order valence-electron chi connectivity index (χ3n) is 3.63. The van der Waals surface area contributed by atoms with Gasteiger partial charge in [-0.2, -0.15) is 0 Å². The predicted octanol–water partition coefficient (Wildman–Crippen LogP) is 2.61. The average molecular weight is 290 g/mol. The van der Waals surface area contributed by atoms with E-state index in [2.05, 4.69) is 26.1 Å². The van der Waals surface area contributed by atoms with Crippen molar-refractivity contribution < 1.29 is 14.3 Å². The second-order valence-electron chi connectivity index (χ2n) is 6.85. The second-order valence-corrected chi connectivity index (χ2v) is 6.85. The summed E-state index contributed by atoms with van der Waals surface area (Å²) in [5.41, 5.74) is 2.20. The maximum atomic E-state index is 12.3. The molecule has 0 aromatic heterocycles. The molecule has 2 aliphatic heterocycles. The van der Waals surface area contributed by atoms with Gasteiger partial charge in [-0.1, -0.05) is 20.8 Å². The van der Waals surface area contributed by atoms with Crippen molar-refractivity contribution in [2.24, 2.45) is 5.41 Å². The Bertz CT molecular complexity index is 563. The number of carbonyl (C=O) groups excluding carboxylic acids is 1. The quantitative estimate of drug-likeness (QED) is 0.864. The molecule has 0 aliphatic carbocycles. The third kappa shape index (κ3) is 3.06. The van der Waals surface area contributed by atoms with Crippen molar-refractivity contribution in [2.75, 3.05) is 25.2 Å². The molecule has 0 unspecified atom stereocenters. The third-order valence-corrected chi connectivity index (χ3v) is 3.63. The molecule has 0 atom stereocenters. The van der Waals surface area contributed by atoms with Gasteiger partial charge >= 0.3 is 0 Å². The number of fused-ring (bicyclic) bond motifs is 2. The highest BCUT2D eigenvalue weighted by molar-refractivity contribution is 5.78. The van der Waals surface area contributed by atoms with Gasteiger partial charge in [-0.25, -0.2) is 0 Å². The first-order valence-corrected chi connectivity index (χ1v) is 7.36. The van der Waals surface area contributed by atoms with Crippen molar-refractivity contribution in [2.45, 2.75) is 33.7 Å². The van der Waals surface area contributed by atoms with Crippen molar-refractivity contribution in [3.8, 4) is 11.5 Å². The summed E-state index contributed by atoms with van der Waals surface area (Å²) in [7, 11) is 0. The molecule has 1 amide bonds. The van der Waals surface area contributed by atoms with Crippen molar-refractivity contribution in [1.29, 1.82) is 0 Å². The van der Waals surface area contributed by atoms with E-state index >= 15 is 0 Å². The summed E-state index contributed by atoms with van der Waals surface area (Å²) < 4.78 is 10.9. The summed E-state index contributed by atoms with van der Waals surface area (Å²) in [6.07, 6.45) is 0.518. The van der Waals surface area contributed by atoms with Crippen LogP contribution < -0.4 is 14.8 Å². The zero-order valence-electron chi connectivity index (χ0n) is 12.9. The summed E-state index contributed by atoms with van der Waals surface area (Å²) >= 11 is 0. The van der Waals surface area contributed by atoms with Crippen LogP contribution in [-0.4, -0.2) is 30.7 Å². The van der Waals surface area contributed by atoms with Gasteiger partial charge in [-0.3, -0.25) is 4.79 Å². The smallest absolute Gasteiger partial charge is 0.231 e. The molecule has 3 rings (SSSR count). The largest absolute Gasteiger partial charge is 0.454 e. The second kappa shape index (κ2) is 5.13. The Morgan fingerprint density at radius 1 is 1.24 bits per heavy atom. The standard InChI is InChI=1S/C16H22N2O3/c1-16(2,3)9-18-8-11-6-13-14(21-10-20-13)7-12(11)17-5-4-15(18)19/h6-7,17H,4-5,8-10H2,1-3H3. The fourth-order valence-electron chi connectivity index (χ4n) is 2.75. The number of anilines is 1. The SMILES string of the molecule is CC(C)(C)CN1Cc2cc3c(cc2NCCC1=O)OCO3. The molecule has 0 radical (unpaired) electrons. The number of carbonyl (C=O) groups is 1. The van der Waals surface area contributed by atoms with Crippen molar-refractivity contribution in [3.05, 3.63) is 17.7 Å². The van der Waals surface area contributed by atoms with E-state index in [1.165, 1.54) is 0 Å². The Balaban J connectivity index is 1.91. The lowest BCUT2D eigenvalue weighted by Crippen LogP contribution is -2.39. The summed E-state index contributed by atoms with van der Waals surface area (Å²) in [6.45, 7) is 8.72. The first-order chi connectivity index (χ1) is 9.92. The fourth-order valence-corrected chi connectivity index (χ4v) is 2.75. The Hall–Kier alpha value is -1.91. The molecule has 1 N–H and O–H groups in total. The van der Waals surface area contributed by atoms with Crippen LogP contribution in [0.3, 0.4) is 0 Å². The molecule has 2 heterocycles. The van der Waals surface area contributed by atoms with E-state index in [0.29, 0.717) is 19.5 Å². The minimum Gasteiger partial charge on any atom is -0.454 e. The van der Waals surface area contributed by atoms with Gasteiger partial charge in [-0.15, -0.1) is 0 Å². The lowest BCUT2D eigenvalue weighted by Gasteiger charge is -2.32. The molecule has 2 aliphatic rings.